The number of ether oxygens (including phenoxy) is 1. The summed E-state index contributed by atoms with van der Waals surface area (Å²) in [4.78, 5) is 0. The number of benzene rings is 1. The predicted octanol–water partition coefficient (Wildman–Crippen LogP) is 1.61. The molecule has 0 radical (unpaired) electrons. The van der Waals surface area contributed by atoms with Gasteiger partial charge < -0.3 is 15.6 Å². The third kappa shape index (κ3) is 1.68. The first-order valence-corrected chi connectivity index (χ1v) is 4.88. The summed E-state index contributed by atoms with van der Waals surface area (Å²) in [6.45, 7) is 2.67. The minimum atomic E-state index is 0.164. The third-order valence-electron chi connectivity index (χ3n) is 2.53. The topological polar surface area (TPSA) is 55.5 Å². The molecule has 0 bridgehead atoms. The Bertz CT molecular complexity index is 336. The molecular formula is C11H15NO2. The summed E-state index contributed by atoms with van der Waals surface area (Å²) >= 11 is 0. The molecule has 3 heteroatoms. The summed E-state index contributed by atoms with van der Waals surface area (Å²) in [6.07, 6.45) is 0.899. The van der Waals surface area contributed by atoms with Crippen LogP contribution in [0.3, 0.4) is 0 Å². The molecule has 0 aromatic heterocycles. The summed E-state index contributed by atoms with van der Waals surface area (Å²) in [5.41, 5.74) is 6.83. The molecule has 0 fully saturated rings. The Morgan fingerprint density at radius 1 is 1.64 bits per heavy atom. The lowest BCUT2D eigenvalue weighted by atomic mass is 9.95. The van der Waals surface area contributed by atoms with Gasteiger partial charge in [0.15, 0.2) is 0 Å². The molecule has 1 aromatic rings. The van der Waals surface area contributed by atoms with E-state index in [1.807, 2.05) is 13.0 Å². The predicted molar refractivity (Wildman–Crippen MR) is 54.6 cm³/mol. The Kier molecular flexibility index (Phi) is 2.33. The van der Waals surface area contributed by atoms with Crippen molar-refractivity contribution in [2.75, 3.05) is 6.61 Å². The Labute approximate surface area is 83.5 Å². The fourth-order valence-corrected chi connectivity index (χ4v) is 1.91. The molecule has 0 spiro atoms. The lowest BCUT2D eigenvalue weighted by Crippen LogP contribution is -2.19. The maximum Gasteiger partial charge on any atom is 0.123 e. The zero-order valence-electron chi connectivity index (χ0n) is 8.23. The van der Waals surface area contributed by atoms with Crippen molar-refractivity contribution in [2.24, 2.45) is 5.73 Å². The van der Waals surface area contributed by atoms with Crippen molar-refractivity contribution in [1.29, 1.82) is 0 Å². The Morgan fingerprint density at radius 3 is 3.14 bits per heavy atom. The molecule has 1 aliphatic rings. The summed E-state index contributed by atoms with van der Waals surface area (Å²) in [6, 6.07) is 5.39. The van der Waals surface area contributed by atoms with Crippen molar-refractivity contribution in [1.82, 2.24) is 0 Å². The SMILES string of the molecule is CC(N)CC1COc2ccc(O)cc21. The van der Waals surface area contributed by atoms with Gasteiger partial charge in [-0.2, -0.15) is 0 Å². The normalized spacial score (nSPS) is 21.4. The molecule has 1 aromatic carbocycles. The van der Waals surface area contributed by atoms with Crippen LogP contribution in [0.5, 0.6) is 11.5 Å². The zero-order chi connectivity index (χ0) is 10.1. The average Bonchev–Trinajstić information content (AvgIpc) is 2.47. The number of nitrogens with two attached hydrogens (primary N) is 1. The number of fused-ring (bicyclic) bond motifs is 1. The van der Waals surface area contributed by atoms with Crippen LogP contribution in [0.25, 0.3) is 0 Å². The summed E-state index contributed by atoms with van der Waals surface area (Å²) in [5.74, 6) is 1.51. The molecule has 0 saturated carbocycles. The third-order valence-corrected chi connectivity index (χ3v) is 2.53. The van der Waals surface area contributed by atoms with Gasteiger partial charge >= 0.3 is 0 Å². The van der Waals surface area contributed by atoms with Crippen LogP contribution in [0.2, 0.25) is 0 Å². The van der Waals surface area contributed by atoms with Gasteiger partial charge in [0.25, 0.3) is 0 Å². The van der Waals surface area contributed by atoms with Crippen LogP contribution in [0, 0.1) is 0 Å². The average molecular weight is 193 g/mol. The summed E-state index contributed by atoms with van der Waals surface area (Å²) in [7, 11) is 0. The molecule has 0 aliphatic carbocycles. The zero-order valence-corrected chi connectivity index (χ0v) is 8.23. The quantitative estimate of drug-likeness (QED) is 0.750. The second-order valence-electron chi connectivity index (χ2n) is 3.94. The minimum Gasteiger partial charge on any atom is -0.508 e. The number of phenolic OH excluding ortho intramolecular Hbond substituents is 1. The standard InChI is InChI=1S/C11H15NO2/c1-7(12)4-8-6-14-11-3-2-9(13)5-10(8)11/h2-3,5,7-8,13H,4,6,12H2,1H3. The molecule has 2 unspecified atom stereocenters. The molecule has 14 heavy (non-hydrogen) atoms. The van der Waals surface area contributed by atoms with E-state index in [2.05, 4.69) is 0 Å². The van der Waals surface area contributed by atoms with E-state index in [4.69, 9.17) is 10.5 Å². The van der Waals surface area contributed by atoms with E-state index in [0.717, 1.165) is 17.7 Å². The van der Waals surface area contributed by atoms with Gasteiger partial charge in [0.1, 0.15) is 11.5 Å². The van der Waals surface area contributed by atoms with Gasteiger partial charge in [0.05, 0.1) is 6.61 Å². The Morgan fingerprint density at radius 2 is 2.43 bits per heavy atom. The lowest BCUT2D eigenvalue weighted by molar-refractivity contribution is 0.320. The largest absolute Gasteiger partial charge is 0.508 e. The number of rotatable bonds is 2. The van der Waals surface area contributed by atoms with E-state index in [1.54, 1.807) is 12.1 Å². The van der Waals surface area contributed by atoms with Crippen LogP contribution in [0.1, 0.15) is 24.8 Å². The molecule has 1 aliphatic heterocycles. The van der Waals surface area contributed by atoms with Gasteiger partial charge in [-0.15, -0.1) is 0 Å². The van der Waals surface area contributed by atoms with Crippen LogP contribution in [0.4, 0.5) is 0 Å². The highest BCUT2D eigenvalue weighted by molar-refractivity contribution is 5.44. The molecule has 76 valence electrons. The van der Waals surface area contributed by atoms with Crippen molar-refractivity contribution >= 4 is 0 Å². The number of hydrogen-bond donors (Lipinski definition) is 2. The van der Waals surface area contributed by atoms with Crippen LogP contribution in [-0.2, 0) is 0 Å². The highest BCUT2D eigenvalue weighted by Crippen LogP contribution is 2.38. The Hall–Kier alpha value is -1.22. The minimum absolute atomic E-state index is 0.164. The van der Waals surface area contributed by atoms with Gasteiger partial charge in [0.2, 0.25) is 0 Å². The second-order valence-corrected chi connectivity index (χ2v) is 3.94. The van der Waals surface area contributed by atoms with Crippen molar-refractivity contribution in [3.05, 3.63) is 23.8 Å². The molecule has 0 amide bonds. The van der Waals surface area contributed by atoms with E-state index < -0.39 is 0 Å². The van der Waals surface area contributed by atoms with Gasteiger partial charge in [0, 0.05) is 17.5 Å². The molecule has 3 nitrogen and oxygen atoms in total. The maximum atomic E-state index is 9.36. The van der Waals surface area contributed by atoms with Crippen molar-refractivity contribution in [3.63, 3.8) is 0 Å². The molecular weight excluding hydrogens is 178 g/mol. The van der Waals surface area contributed by atoms with E-state index >= 15 is 0 Å². The first kappa shape index (κ1) is 9.34. The summed E-state index contributed by atoms with van der Waals surface area (Å²) in [5, 5.41) is 9.36. The highest BCUT2D eigenvalue weighted by Gasteiger charge is 2.25. The first-order valence-electron chi connectivity index (χ1n) is 4.88. The van der Waals surface area contributed by atoms with Gasteiger partial charge in [-0.25, -0.2) is 0 Å². The van der Waals surface area contributed by atoms with Crippen LogP contribution < -0.4 is 10.5 Å². The van der Waals surface area contributed by atoms with Gasteiger partial charge in [-0.3, -0.25) is 0 Å². The highest BCUT2D eigenvalue weighted by atomic mass is 16.5. The monoisotopic (exact) mass is 193 g/mol. The molecule has 3 N–H and O–H groups in total. The van der Waals surface area contributed by atoms with E-state index in [0.29, 0.717) is 18.3 Å². The number of aromatic hydroxyl groups is 1. The number of hydrogen-bond acceptors (Lipinski definition) is 3. The fourth-order valence-electron chi connectivity index (χ4n) is 1.91. The smallest absolute Gasteiger partial charge is 0.123 e. The molecule has 1 heterocycles. The van der Waals surface area contributed by atoms with Crippen molar-refractivity contribution in [2.45, 2.75) is 25.3 Å². The van der Waals surface area contributed by atoms with Crippen molar-refractivity contribution in [3.8, 4) is 11.5 Å². The summed E-state index contributed by atoms with van der Waals surface area (Å²) < 4.78 is 5.50. The molecule has 2 rings (SSSR count). The number of phenols is 1. The fraction of sp³-hybridized carbons (Fsp3) is 0.455. The van der Waals surface area contributed by atoms with E-state index in [-0.39, 0.29) is 6.04 Å². The van der Waals surface area contributed by atoms with E-state index in [9.17, 15) is 5.11 Å². The van der Waals surface area contributed by atoms with Crippen molar-refractivity contribution < 1.29 is 9.84 Å². The van der Waals surface area contributed by atoms with Crippen LogP contribution >= 0.6 is 0 Å². The van der Waals surface area contributed by atoms with E-state index in [1.165, 1.54) is 0 Å². The lowest BCUT2D eigenvalue weighted by Gasteiger charge is -2.11. The van der Waals surface area contributed by atoms with Gasteiger partial charge in [-0.05, 0) is 31.5 Å². The molecule has 2 atom stereocenters. The first-order chi connectivity index (χ1) is 6.66. The second kappa shape index (κ2) is 3.50. The van der Waals surface area contributed by atoms with Gasteiger partial charge in [-0.1, -0.05) is 0 Å². The molecule has 0 saturated heterocycles. The maximum absolute atomic E-state index is 9.36. The van der Waals surface area contributed by atoms with Crippen LogP contribution in [-0.4, -0.2) is 17.8 Å². The Balaban J connectivity index is 2.24. The van der Waals surface area contributed by atoms with Crippen LogP contribution in [0.15, 0.2) is 18.2 Å².